The Morgan fingerprint density at radius 2 is 2.09 bits per heavy atom. The molecule has 2 aromatic rings. The van der Waals surface area contributed by atoms with Crippen LogP contribution in [0.3, 0.4) is 0 Å². The minimum Gasteiger partial charge on any atom is -0.444 e. The fourth-order valence-corrected chi connectivity index (χ4v) is 2.80. The van der Waals surface area contributed by atoms with Crippen LogP contribution in [-0.4, -0.2) is 39.1 Å². The topological polar surface area (TPSA) is 46.8 Å². The van der Waals surface area contributed by atoms with Crippen molar-refractivity contribution in [3.8, 4) is 0 Å². The third-order valence-corrected chi connectivity index (χ3v) is 3.88. The van der Waals surface area contributed by atoms with Crippen LogP contribution in [0.2, 0.25) is 0 Å². The first-order valence-corrected chi connectivity index (χ1v) is 7.84. The van der Waals surface area contributed by atoms with Crippen LogP contribution in [0.4, 0.5) is 9.18 Å². The predicted octanol–water partition coefficient (Wildman–Crippen LogP) is 3.57. The van der Waals surface area contributed by atoms with Gasteiger partial charge in [0.2, 0.25) is 0 Å². The van der Waals surface area contributed by atoms with Gasteiger partial charge < -0.3 is 14.0 Å². The summed E-state index contributed by atoms with van der Waals surface area (Å²) in [4.78, 5) is 17.9. The molecule has 0 bridgehead atoms. The lowest BCUT2D eigenvalue weighted by Crippen LogP contribution is -2.50. The minimum absolute atomic E-state index is 0.116. The SMILES string of the molecule is CC(C)(C)OC(=O)N1CC(c2cn3cc(Br)cc(F)c3n2)C1. The number of carbonyl (C=O) groups excluding carboxylic acids is 1. The Hall–Kier alpha value is -1.63. The van der Waals surface area contributed by atoms with Gasteiger partial charge in [-0.1, -0.05) is 0 Å². The van der Waals surface area contributed by atoms with Gasteiger partial charge >= 0.3 is 6.09 Å². The summed E-state index contributed by atoms with van der Waals surface area (Å²) in [7, 11) is 0. The molecule has 3 rings (SSSR count). The van der Waals surface area contributed by atoms with Crippen molar-refractivity contribution in [2.24, 2.45) is 0 Å². The van der Waals surface area contributed by atoms with E-state index < -0.39 is 5.60 Å². The van der Waals surface area contributed by atoms with Crippen LogP contribution in [0.15, 0.2) is 22.9 Å². The lowest BCUT2D eigenvalue weighted by molar-refractivity contribution is 0.00791. The minimum atomic E-state index is -0.499. The number of likely N-dealkylation sites (tertiary alicyclic amines) is 1. The van der Waals surface area contributed by atoms with Gasteiger partial charge in [-0.15, -0.1) is 0 Å². The Balaban J connectivity index is 1.71. The van der Waals surface area contributed by atoms with E-state index in [2.05, 4.69) is 20.9 Å². The highest BCUT2D eigenvalue weighted by Crippen LogP contribution is 2.29. The van der Waals surface area contributed by atoms with Crippen LogP contribution < -0.4 is 0 Å². The molecule has 2 aromatic heterocycles. The molecule has 118 valence electrons. The maximum absolute atomic E-state index is 13.8. The molecule has 0 saturated carbocycles. The summed E-state index contributed by atoms with van der Waals surface area (Å²) in [6, 6.07) is 1.39. The summed E-state index contributed by atoms with van der Waals surface area (Å²) in [6.07, 6.45) is 3.25. The number of pyridine rings is 1. The number of rotatable bonds is 1. The number of amides is 1. The highest BCUT2D eigenvalue weighted by molar-refractivity contribution is 9.10. The molecule has 0 aliphatic carbocycles. The first-order chi connectivity index (χ1) is 10.2. The molecule has 7 heteroatoms. The van der Waals surface area contributed by atoms with Crippen molar-refractivity contribution in [1.82, 2.24) is 14.3 Å². The highest BCUT2D eigenvalue weighted by atomic mass is 79.9. The zero-order valence-corrected chi connectivity index (χ0v) is 14.2. The fourth-order valence-electron chi connectivity index (χ4n) is 2.38. The molecule has 5 nitrogen and oxygen atoms in total. The molecular formula is C15H17BrFN3O2. The van der Waals surface area contributed by atoms with E-state index in [4.69, 9.17) is 4.74 Å². The third kappa shape index (κ3) is 2.95. The van der Waals surface area contributed by atoms with E-state index in [9.17, 15) is 9.18 Å². The second kappa shape index (κ2) is 5.22. The third-order valence-electron chi connectivity index (χ3n) is 3.44. The van der Waals surface area contributed by atoms with E-state index in [1.54, 1.807) is 21.7 Å². The van der Waals surface area contributed by atoms with Gasteiger partial charge in [-0.2, -0.15) is 0 Å². The zero-order chi connectivity index (χ0) is 16.1. The molecule has 0 N–H and O–H groups in total. The normalized spacial score (nSPS) is 16.0. The van der Waals surface area contributed by atoms with E-state index in [0.717, 1.165) is 5.69 Å². The maximum atomic E-state index is 13.8. The van der Waals surface area contributed by atoms with Gasteiger partial charge in [-0.05, 0) is 42.8 Å². The van der Waals surface area contributed by atoms with E-state index in [-0.39, 0.29) is 17.8 Å². The molecule has 1 aliphatic heterocycles. The molecule has 1 amide bonds. The van der Waals surface area contributed by atoms with Gasteiger partial charge in [-0.3, -0.25) is 0 Å². The molecule has 0 unspecified atom stereocenters. The van der Waals surface area contributed by atoms with Crippen molar-refractivity contribution in [2.75, 3.05) is 13.1 Å². The molecule has 0 radical (unpaired) electrons. The Bertz CT molecular complexity index is 732. The monoisotopic (exact) mass is 369 g/mol. The number of hydrogen-bond acceptors (Lipinski definition) is 3. The maximum Gasteiger partial charge on any atom is 0.410 e. The molecule has 1 fully saturated rings. The number of ether oxygens (including phenoxy) is 1. The quantitative estimate of drug-likeness (QED) is 0.771. The first kappa shape index (κ1) is 15.3. The zero-order valence-electron chi connectivity index (χ0n) is 12.6. The average molecular weight is 370 g/mol. The molecule has 22 heavy (non-hydrogen) atoms. The average Bonchev–Trinajstić information content (AvgIpc) is 2.67. The molecule has 3 heterocycles. The van der Waals surface area contributed by atoms with E-state index >= 15 is 0 Å². The summed E-state index contributed by atoms with van der Waals surface area (Å²) >= 11 is 3.26. The number of carbonyl (C=O) groups is 1. The van der Waals surface area contributed by atoms with Crippen molar-refractivity contribution in [2.45, 2.75) is 32.3 Å². The van der Waals surface area contributed by atoms with Crippen molar-refractivity contribution < 1.29 is 13.9 Å². The molecule has 0 spiro atoms. The smallest absolute Gasteiger partial charge is 0.410 e. The molecule has 1 saturated heterocycles. The number of nitrogens with zero attached hydrogens (tertiary/aromatic N) is 3. The van der Waals surface area contributed by atoms with Gasteiger partial charge in [0.1, 0.15) is 5.60 Å². The predicted molar refractivity (Wildman–Crippen MR) is 83.4 cm³/mol. The second-order valence-electron chi connectivity index (χ2n) is 6.49. The molecule has 1 aliphatic rings. The van der Waals surface area contributed by atoms with Crippen molar-refractivity contribution in [3.63, 3.8) is 0 Å². The summed E-state index contributed by atoms with van der Waals surface area (Å²) in [5.41, 5.74) is 0.589. The molecule has 0 aromatic carbocycles. The van der Waals surface area contributed by atoms with Crippen molar-refractivity contribution >= 4 is 27.7 Å². The Morgan fingerprint density at radius 3 is 2.73 bits per heavy atom. The Kier molecular flexibility index (Phi) is 3.63. The second-order valence-corrected chi connectivity index (χ2v) is 7.40. The number of aromatic nitrogens is 2. The standard InChI is InChI=1S/C15H17BrFN3O2/c1-15(2,3)22-14(21)20-5-9(6-20)12-8-19-7-10(16)4-11(17)13(19)18-12/h4,7-9H,5-6H2,1-3H3. The largest absolute Gasteiger partial charge is 0.444 e. The number of halogens is 2. The van der Waals surface area contributed by atoms with Gasteiger partial charge in [0.05, 0.1) is 5.69 Å². The van der Waals surface area contributed by atoms with Crippen LogP contribution in [-0.2, 0) is 4.74 Å². The van der Waals surface area contributed by atoms with Crippen LogP contribution in [0.5, 0.6) is 0 Å². The molecular weight excluding hydrogens is 353 g/mol. The van der Waals surface area contributed by atoms with Crippen molar-refractivity contribution in [3.05, 3.63) is 34.4 Å². The number of fused-ring (bicyclic) bond motifs is 1. The molecule has 0 atom stereocenters. The summed E-state index contributed by atoms with van der Waals surface area (Å²) < 4.78 is 21.5. The van der Waals surface area contributed by atoms with Crippen molar-refractivity contribution in [1.29, 1.82) is 0 Å². The first-order valence-electron chi connectivity index (χ1n) is 7.04. The number of hydrogen-bond donors (Lipinski definition) is 0. The van der Waals surface area contributed by atoms with E-state index in [1.165, 1.54) is 6.07 Å². The van der Waals surface area contributed by atoms with Crippen LogP contribution >= 0.6 is 15.9 Å². The van der Waals surface area contributed by atoms with E-state index in [0.29, 0.717) is 23.2 Å². The summed E-state index contributed by atoms with van der Waals surface area (Å²) in [5, 5.41) is 0. The van der Waals surface area contributed by atoms with Crippen LogP contribution in [0, 0.1) is 5.82 Å². The Morgan fingerprint density at radius 1 is 1.41 bits per heavy atom. The van der Waals surface area contributed by atoms with E-state index in [1.807, 2.05) is 20.8 Å². The van der Waals surface area contributed by atoms with Crippen LogP contribution in [0.25, 0.3) is 5.65 Å². The highest BCUT2D eigenvalue weighted by Gasteiger charge is 2.36. The van der Waals surface area contributed by atoms with Crippen LogP contribution in [0.1, 0.15) is 32.4 Å². The Labute approximate surface area is 136 Å². The lowest BCUT2D eigenvalue weighted by atomic mass is 9.98. The summed E-state index contributed by atoms with van der Waals surface area (Å²) in [6.45, 7) is 6.60. The fraction of sp³-hybridized carbons (Fsp3) is 0.467. The van der Waals surface area contributed by atoms with Gasteiger partial charge in [-0.25, -0.2) is 14.2 Å². The lowest BCUT2D eigenvalue weighted by Gasteiger charge is -2.38. The van der Waals surface area contributed by atoms with Gasteiger partial charge in [0.25, 0.3) is 0 Å². The van der Waals surface area contributed by atoms with Gasteiger partial charge in [0, 0.05) is 35.9 Å². The summed E-state index contributed by atoms with van der Waals surface area (Å²) in [5.74, 6) is -0.255. The number of imidazole rings is 1. The van der Waals surface area contributed by atoms with Gasteiger partial charge in [0.15, 0.2) is 11.5 Å².